The summed E-state index contributed by atoms with van der Waals surface area (Å²) in [7, 11) is 1.68. The maximum absolute atomic E-state index is 11.7. The first-order valence-electron chi connectivity index (χ1n) is 7.68. The number of halogens is 1. The Bertz CT molecular complexity index is 408. The number of rotatable bonds is 10. The van der Waals surface area contributed by atoms with Gasteiger partial charge in [0.2, 0.25) is 5.91 Å². The number of hydrogen-bond acceptors (Lipinski definition) is 3. The Balaban J connectivity index is 0.00000441. The zero-order chi connectivity index (χ0) is 15.5. The van der Waals surface area contributed by atoms with Gasteiger partial charge >= 0.3 is 0 Å². The van der Waals surface area contributed by atoms with Crippen LogP contribution in [0.1, 0.15) is 37.3 Å². The number of nitrogens with one attached hydrogen (secondary N) is 2. The third kappa shape index (κ3) is 9.03. The van der Waals surface area contributed by atoms with Gasteiger partial charge in [-0.3, -0.25) is 4.79 Å². The van der Waals surface area contributed by atoms with E-state index in [0.29, 0.717) is 25.5 Å². The van der Waals surface area contributed by atoms with Gasteiger partial charge in [-0.05, 0) is 23.5 Å². The van der Waals surface area contributed by atoms with Gasteiger partial charge in [0.15, 0.2) is 0 Å². The Morgan fingerprint density at radius 1 is 1.14 bits per heavy atom. The summed E-state index contributed by atoms with van der Waals surface area (Å²) in [6.07, 6.45) is 1.33. The second kappa shape index (κ2) is 12.4. The molecule has 126 valence electrons. The molecule has 0 aliphatic rings. The minimum atomic E-state index is 0. The van der Waals surface area contributed by atoms with E-state index in [9.17, 15) is 4.79 Å². The monoisotopic (exact) mass is 328 g/mol. The maximum atomic E-state index is 11.7. The molecule has 1 aromatic carbocycles. The van der Waals surface area contributed by atoms with Crippen LogP contribution >= 0.6 is 12.4 Å². The molecule has 0 spiro atoms. The van der Waals surface area contributed by atoms with Crippen molar-refractivity contribution < 1.29 is 9.53 Å². The minimum Gasteiger partial charge on any atom is -0.383 e. The first-order valence-corrected chi connectivity index (χ1v) is 7.68. The zero-order valence-corrected chi connectivity index (χ0v) is 14.7. The average Bonchev–Trinajstić information content (AvgIpc) is 2.49. The van der Waals surface area contributed by atoms with Crippen LogP contribution in [0.3, 0.4) is 0 Å². The second-order valence-corrected chi connectivity index (χ2v) is 5.49. The molecule has 5 heteroatoms. The molecule has 0 aliphatic heterocycles. The lowest BCUT2D eigenvalue weighted by Gasteiger charge is -2.08. The highest BCUT2D eigenvalue weighted by Gasteiger charge is 2.03. The Labute approximate surface area is 140 Å². The molecule has 1 rings (SSSR count). The zero-order valence-electron chi connectivity index (χ0n) is 13.9. The fraction of sp³-hybridized carbons (Fsp3) is 0.588. The standard InChI is InChI=1S/C17H28N2O2.ClH/c1-14(2)16-7-4-15(5-8-16)6-9-17(20)19-11-10-18-12-13-21-3;/h4-5,7-8,14,18H,6,9-13H2,1-3H3,(H,19,20);1H. The van der Waals surface area contributed by atoms with E-state index in [1.807, 2.05) is 0 Å². The van der Waals surface area contributed by atoms with E-state index < -0.39 is 0 Å². The molecule has 0 saturated heterocycles. The SMILES string of the molecule is COCCNCCNC(=O)CCc1ccc(C(C)C)cc1.Cl. The Morgan fingerprint density at radius 3 is 2.41 bits per heavy atom. The number of benzene rings is 1. The van der Waals surface area contributed by atoms with E-state index in [-0.39, 0.29) is 18.3 Å². The third-order valence-corrected chi connectivity index (χ3v) is 3.39. The molecule has 2 N–H and O–H groups in total. The van der Waals surface area contributed by atoms with Gasteiger partial charge in [-0.1, -0.05) is 38.1 Å². The molecule has 0 radical (unpaired) electrons. The van der Waals surface area contributed by atoms with Crippen molar-refractivity contribution in [2.45, 2.75) is 32.6 Å². The van der Waals surface area contributed by atoms with Crippen LogP contribution in [0.5, 0.6) is 0 Å². The fourth-order valence-electron chi connectivity index (χ4n) is 2.00. The van der Waals surface area contributed by atoms with Crippen molar-refractivity contribution in [3.8, 4) is 0 Å². The van der Waals surface area contributed by atoms with Crippen LogP contribution in [-0.2, 0) is 16.0 Å². The number of carbonyl (C=O) groups excluding carboxylic acids is 1. The molecule has 0 saturated carbocycles. The molecule has 0 aliphatic carbocycles. The molecular formula is C17H29ClN2O2. The van der Waals surface area contributed by atoms with Crippen molar-refractivity contribution in [2.75, 3.05) is 33.4 Å². The van der Waals surface area contributed by atoms with Gasteiger partial charge in [0.1, 0.15) is 0 Å². The van der Waals surface area contributed by atoms with Crippen LogP contribution in [0.25, 0.3) is 0 Å². The molecule has 1 amide bonds. The normalized spacial score (nSPS) is 10.4. The fourth-order valence-corrected chi connectivity index (χ4v) is 2.00. The first-order chi connectivity index (χ1) is 10.1. The molecule has 0 unspecified atom stereocenters. The number of methoxy groups -OCH3 is 1. The summed E-state index contributed by atoms with van der Waals surface area (Å²) in [5, 5.41) is 6.11. The van der Waals surface area contributed by atoms with E-state index >= 15 is 0 Å². The third-order valence-electron chi connectivity index (χ3n) is 3.39. The summed E-state index contributed by atoms with van der Waals surface area (Å²) in [5.41, 5.74) is 2.55. The highest BCUT2D eigenvalue weighted by molar-refractivity contribution is 5.85. The molecule has 0 atom stereocenters. The average molecular weight is 329 g/mol. The Kier molecular flexibility index (Phi) is 11.8. The van der Waals surface area contributed by atoms with Gasteiger partial charge in [0, 0.05) is 33.2 Å². The molecule has 0 fully saturated rings. The lowest BCUT2D eigenvalue weighted by Crippen LogP contribution is -2.33. The smallest absolute Gasteiger partial charge is 0.220 e. The molecule has 0 heterocycles. The molecule has 1 aromatic rings. The van der Waals surface area contributed by atoms with E-state index in [1.54, 1.807) is 7.11 Å². The van der Waals surface area contributed by atoms with Gasteiger partial charge in [0.25, 0.3) is 0 Å². The van der Waals surface area contributed by atoms with Crippen molar-refractivity contribution >= 4 is 18.3 Å². The van der Waals surface area contributed by atoms with E-state index in [2.05, 4.69) is 48.7 Å². The number of aryl methyl sites for hydroxylation is 1. The molecule has 0 bridgehead atoms. The van der Waals surface area contributed by atoms with Gasteiger partial charge in [-0.2, -0.15) is 0 Å². The molecule has 0 aromatic heterocycles. The lowest BCUT2D eigenvalue weighted by molar-refractivity contribution is -0.121. The summed E-state index contributed by atoms with van der Waals surface area (Å²) in [6, 6.07) is 8.54. The van der Waals surface area contributed by atoms with Crippen LogP contribution in [-0.4, -0.2) is 39.3 Å². The topological polar surface area (TPSA) is 50.4 Å². The summed E-state index contributed by atoms with van der Waals surface area (Å²) in [4.78, 5) is 11.7. The van der Waals surface area contributed by atoms with Crippen LogP contribution in [0, 0.1) is 0 Å². The lowest BCUT2D eigenvalue weighted by atomic mass is 10.0. The van der Waals surface area contributed by atoms with Gasteiger partial charge < -0.3 is 15.4 Å². The summed E-state index contributed by atoms with van der Waals surface area (Å²) < 4.78 is 4.93. The van der Waals surface area contributed by atoms with E-state index in [1.165, 1.54) is 11.1 Å². The minimum absolute atomic E-state index is 0. The number of ether oxygens (including phenoxy) is 1. The maximum Gasteiger partial charge on any atom is 0.220 e. The van der Waals surface area contributed by atoms with Crippen LogP contribution in [0.2, 0.25) is 0 Å². The summed E-state index contributed by atoms with van der Waals surface area (Å²) in [5.74, 6) is 0.657. The van der Waals surface area contributed by atoms with Crippen molar-refractivity contribution in [1.29, 1.82) is 0 Å². The highest BCUT2D eigenvalue weighted by Crippen LogP contribution is 2.15. The molecule has 4 nitrogen and oxygen atoms in total. The largest absolute Gasteiger partial charge is 0.383 e. The predicted octanol–water partition coefficient (Wildman–Crippen LogP) is 2.52. The predicted molar refractivity (Wildman–Crippen MR) is 93.9 cm³/mol. The van der Waals surface area contributed by atoms with Crippen LogP contribution < -0.4 is 10.6 Å². The first kappa shape index (κ1) is 20.9. The summed E-state index contributed by atoms with van der Waals surface area (Å²) in [6.45, 7) is 7.31. The van der Waals surface area contributed by atoms with Crippen molar-refractivity contribution in [1.82, 2.24) is 10.6 Å². The van der Waals surface area contributed by atoms with E-state index in [4.69, 9.17) is 4.74 Å². The Morgan fingerprint density at radius 2 is 1.82 bits per heavy atom. The van der Waals surface area contributed by atoms with Crippen LogP contribution in [0.4, 0.5) is 0 Å². The van der Waals surface area contributed by atoms with Crippen molar-refractivity contribution in [3.63, 3.8) is 0 Å². The number of carbonyl (C=O) groups is 1. The van der Waals surface area contributed by atoms with Gasteiger partial charge in [-0.15, -0.1) is 12.4 Å². The number of amides is 1. The molecular weight excluding hydrogens is 300 g/mol. The highest BCUT2D eigenvalue weighted by atomic mass is 35.5. The Hall–Kier alpha value is -1.10. The molecule has 22 heavy (non-hydrogen) atoms. The van der Waals surface area contributed by atoms with Crippen molar-refractivity contribution in [2.24, 2.45) is 0 Å². The van der Waals surface area contributed by atoms with Gasteiger partial charge in [0.05, 0.1) is 6.61 Å². The summed E-state index contributed by atoms with van der Waals surface area (Å²) >= 11 is 0. The number of hydrogen-bond donors (Lipinski definition) is 2. The van der Waals surface area contributed by atoms with E-state index in [0.717, 1.165) is 19.5 Å². The quantitative estimate of drug-likeness (QED) is 0.649. The van der Waals surface area contributed by atoms with Gasteiger partial charge in [-0.25, -0.2) is 0 Å². The van der Waals surface area contributed by atoms with Crippen molar-refractivity contribution in [3.05, 3.63) is 35.4 Å². The van der Waals surface area contributed by atoms with Crippen LogP contribution in [0.15, 0.2) is 24.3 Å². The second-order valence-electron chi connectivity index (χ2n) is 5.49.